The number of aliphatic hydroxyl groups is 1. The van der Waals surface area contributed by atoms with Crippen LogP contribution in [0.25, 0.3) is 0 Å². The molecule has 2 N–H and O–H groups in total. The van der Waals surface area contributed by atoms with Gasteiger partial charge in [-0.2, -0.15) is 5.10 Å². The molecule has 0 unspecified atom stereocenters. The Morgan fingerprint density at radius 1 is 1.32 bits per heavy atom. The molecule has 0 radical (unpaired) electrons. The molecule has 2 heterocycles. The highest BCUT2D eigenvalue weighted by molar-refractivity contribution is 5.76. The van der Waals surface area contributed by atoms with Crippen molar-refractivity contribution in [2.75, 3.05) is 0 Å². The van der Waals surface area contributed by atoms with Crippen molar-refractivity contribution in [2.45, 2.75) is 58.7 Å². The van der Waals surface area contributed by atoms with Gasteiger partial charge in [0.2, 0.25) is 5.91 Å². The maximum absolute atomic E-state index is 12.6. The number of hydrogen-bond acceptors (Lipinski definition) is 4. The molecule has 2 aromatic rings. The zero-order chi connectivity index (χ0) is 18.0. The van der Waals surface area contributed by atoms with Gasteiger partial charge in [-0.3, -0.25) is 14.5 Å². The molecule has 1 atom stereocenters. The van der Waals surface area contributed by atoms with Crippen molar-refractivity contribution >= 4 is 5.91 Å². The highest BCUT2D eigenvalue weighted by Crippen LogP contribution is 2.31. The van der Waals surface area contributed by atoms with E-state index >= 15 is 0 Å². The number of pyridine rings is 1. The summed E-state index contributed by atoms with van der Waals surface area (Å²) in [6.07, 6.45) is 5.54. The van der Waals surface area contributed by atoms with Crippen LogP contribution >= 0.6 is 0 Å². The van der Waals surface area contributed by atoms with Crippen molar-refractivity contribution in [2.24, 2.45) is 5.92 Å². The van der Waals surface area contributed by atoms with E-state index in [1.807, 2.05) is 32.9 Å². The molecule has 2 aromatic heterocycles. The molecule has 1 saturated carbocycles. The Morgan fingerprint density at radius 3 is 2.56 bits per heavy atom. The van der Waals surface area contributed by atoms with Gasteiger partial charge in [-0.1, -0.05) is 0 Å². The highest BCUT2D eigenvalue weighted by atomic mass is 16.3. The average molecular weight is 342 g/mol. The van der Waals surface area contributed by atoms with Crippen LogP contribution in [0.1, 0.15) is 35.4 Å². The summed E-state index contributed by atoms with van der Waals surface area (Å²) in [5.41, 5.74) is 4.25. The predicted molar refractivity (Wildman–Crippen MR) is 95.0 cm³/mol. The maximum atomic E-state index is 12.6. The minimum atomic E-state index is -0.236. The van der Waals surface area contributed by atoms with Gasteiger partial charge in [-0.05, 0) is 69.2 Å². The van der Waals surface area contributed by atoms with Crippen LogP contribution in [0.2, 0.25) is 0 Å². The lowest BCUT2D eigenvalue weighted by atomic mass is 9.75. The number of nitrogens with one attached hydrogen (secondary N) is 1. The number of aromatic nitrogens is 3. The number of aryl methyl sites for hydroxylation is 1. The zero-order valence-electron chi connectivity index (χ0n) is 15.1. The molecule has 1 aliphatic rings. The van der Waals surface area contributed by atoms with E-state index in [4.69, 9.17) is 0 Å². The quantitative estimate of drug-likeness (QED) is 0.837. The van der Waals surface area contributed by atoms with Crippen molar-refractivity contribution in [1.29, 1.82) is 0 Å². The molecule has 0 aliphatic heterocycles. The molecule has 6 heteroatoms. The summed E-state index contributed by atoms with van der Waals surface area (Å²) >= 11 is 0. The second-order valence-corrected chi connectivity index (χ2v) is 7.07. The Hall–Kier alpha value is -2.21. The van der Waals surface area contributed by atoms with Crippen LogP contribution in [-0.2, 0) is 17.8 Å². The second kappa shape index (κ2) is 7.35. The van der Waals surface area contributed by atoms with Crippen molar-refractivity contribution in [1.82, 2.24) is 20.1 Å². The molecular formula is C19H26N4O2. The lowest BCUT2D eigenvalue weighted by Crippen LogP contribution is -2.49. The van der Waals surface area contributed by atoms with E-state index in [0.717, 1.165) is 41.8 Å². The fourth-order valence-corrected chi connectivity index (χ4v) is 3.40. The molecule has 0 spiro atoms. The highest BCUT2D eigenvalue weighted by Gasteiger charge is 2.34. The Balaban J connectivity index is 1.66. The van der Waals surface area contributed by atoms with Crippen LogP contribution in [0.5, 0.6) is 0 Å². The van der Waals surface area contributed by atoms with Gasteiger partial charge < -0.3 is 10.4 Å². The summed E-state index contributed by atoms with van der Waals surface area (Å²) in [5, 5.41) is 17.2. The lowest BCUT2D eigenvalue weighted by Gasteiger charge is -2.38. The third-order valence-electron chi connectivity index (χ3n) is 5.31. The van der Waals surface area contributed by atoms with Crippen LogP contribution < -0.4 is 5.32 Å². The fourth-order valence-electron chi connectivity index (χ4n) is 3.40. The third kappa shape index (κ3) is 4.07. The first kappa shape index (κ1) is 17.6. The van der Waals surface area contributed by atoms with E-state index in [1.54, 1.807) is 17.1 Å². The molecule has 25 heavy (non-hydrogen) atoms. The second-order valence-electron chi connectivity index (χ2n) is 7.07. The monoisotopic (exact) mass is 342 g/mol. The topological polar surface area (TPSA) is 80.0 Å². The van der Waals surface area contributed by atoms with E-state index in [-0.39, 0.29) is 24.6 Å². The van der Waals surface area contributed by atoms with Crippen molar-refractivity contribution in [3.8, 4) is 0 Å². The molecule has 1 amide bonds. The Bertz CT molecular complexity index is 735. The van der Waals surface area contributed by atoms with Crippen LogP contribution in [0.4, 0.5) is 0 Å². The molecule has 0 bridgehead atoms. The fraction of sp³-hybridized carbons (Fsp3) is 0.526. The van der Waals surface area contributed by atoms with E-state index in [1.165, 1.54) is 0 Å². The smallest absolute Gasteiger partial charge is 0.241 e. The van der Waals surface area contributed by atoms with Gasteiger partial charge in [0.25, 0.3) is 0 Å². The van der Waals surface area contributed by atoms with Crippen LogP contribution in [-0.4, -0.2) is 37.9 Å². The standard InChI is InChI=1S/C19H26N4O2/c1-12-13(2)22-23(14(12)3)11-19(25)21-18(16-9-17(24)10-16)8-15-4-6-20-7-5-15/h4-7,16-18,24H,8-11H2,1-3H3,(H,21,25)/t16?,17?,18-/m0/s1. The minimum absolute atomic E-state index is 0.0244. The predicted octanol–water partition coefficient (Wildman–Crippen LogP) is 1.70. The number of amides is 1. The lowest BCUT2D eigenvalue weighted by molar-refractivity contribution is -0.123. The van der Waals surface area contributed by atoms with Crippen LogP contribution in [0.15, 0.2) is 24.5 Å². The summed E-state index contributed by atoms with van der Waals surface area (Å²) in [5.74, 6) is 0.278. The van der Waals surface area contributed by atoms with Crippen LogP contribution in [0.3, 0.4) is 0 Å². The number of aliphatic hydroxyl groups excluding tert-OH is 1. The molecule has 6 nitrogen and oxygen atoms in total. The number of nitrogens with zero attached hydrogens (tertiary/aromatic N) is 3. The SMILES string of the molecule is Cc1nn(CC(=O)N[C@@H](Cc2ccncc2)C2CC(O)C2)c(C)c1C. The van der Waals surface area contributed by atoms with Gasteiger partial charge in [0.1, 0.15) is 6.54 Å². The summed E-state index contributed by atoms with van der Waals surface area (Å²) in [6, 6.07) is 3.97. The summed E-state index contributed by atoms with van der Waals surface area (Å²) in [4.78, 5) is 16.6. The first-order chi connectivity index (χ1) is 11.9. The zero-order valence-corrected chi connectivity index (χ0v) is 15.1. The van der Waals surface area contributed by atoms with Crippen molar-refractivity contribution < 1.29 is 9.90 Å². The molecule has 134 valence electrons. The maximum Gasteiger partial charge on any atom is 0.241 e. The molecule has 1 aliphatic carbocycles. The van der Waals surface area contributed by atoms with Gasteiger partial charge in [0.15, 0.2) is 0 Å². The van der Waals surface area contributed by atoms with E-state index in [0.29, 0.717) is 5.92 Å². The first-order valence-corrected chi connectivity index (χ1v) is 8.81. The van der Waals surface area contributed by atoms with Crippen molar-refractivity contribution in [3.05, 3.63) is 47.0 Å². The largest absolute Gasteiger partial charge is 0.393 e. The molecule has 0 aromatic carbocycles. The van der Waals surface area contributed by atoms with E-state index in [2.05, 4.69) is 15.4 Å². The molecule has 0 saturated heterocycles. The Labute approximate surface area is 148 Å². The average Bonchev–Trinajstić information content (AvgIpc) is 2.79. The summed E-state index contributed by atoms with van der Waals surface area (Å²) in [6.45, 7) is 6.19. The Morgan fingerprint density at radius 2 is 2.00 bits per heavy atom. The van der Waals surface area contributed by atoms with Gasteiger partial charge in [0, 0.05) is 24.1 Å². The van der Waals surface area contributed by atoms with Gasteiger partial charge in [-0.15, -0.1) is 0 Å². The minimum Gasteiger partial charge on any atom is -0.393 e. The number of carbonyl (C=O) groups is 1. The van der Waals surface area contributed by atoms with Gasteiger partial charge in [0.05, 0.1) is 11.8 Å². The summed E-state index contributed by atoms with van der Waals surface area (Å²) < 4.78 is 1.76. The van der Waals surface area contributed by atoms with E-state index < -0.39 is 0 Å². The van der Waals surface area contributed by atoms with Gasteiger partial charge >= 0.3 is 0 Å². The van der Waals surface area contributed by atoms with Gasteiger partial charge in [-0.25, -0.2) is 0 Å². The molecular weight excluding hydrogens is 316 g/mol. The summed E-state index contributed by atoms with van der Waals surface area (Å²) in [7, 11) is 0. The Kier molecular flexibility index (Phi) is 5.18. The number of rotatable bonds is 6. The first-order valence-electron chi connectivity index (χ1n) is 8.81. The van der Waals surface area contributed by atoms with Crippen molar-refractivity contribution in [3.63, 3.8) is 0 Å². The number of hydrogen-bond donors (Lipinski definition) is 2. The molecule has 1 fully saturated rings. The van der Waals surface area contributed by atoms with Crippen LogP contribution in [0, 0.1) is 26.7 Å². The number of carbonyl (C=O) groups excluding carboxylic acids is 1. The van der Waals surface area contributed by atoms with E-state index in [9.17, 15) is 9.90 Å². The third-order valence-corrected chi connectivity index (χ3v) is 5.31. The normalized spacial score (nSPS) is 20.8. The molecule has 3 rings (SSSR count).